The summed E-state index contributed by atoms with van der Waals surface area (Å²) < 4.78 is 26.8. The van der Waals surface area contributed by atoms with Gasteiger partial charge in [0.25, 0.3) is 0 Å². The number of sulfonamides is 1. The molecule has 0 radical (unpaired) electrons. The van der Waals surface area contributed by atoms with Crippen LogP contribution in [0.3, 0.4) is 0 Å². The molecule has 0 amide bonds. The molecule has 102 valence electrons. The molecule has 18 heavy (non-hydrogen) atoms. The molecule has 1 aromatic carbocycles. The quantitative estimate of drug-likeness (QED) is 0.813. The van der Waals surface area contributed by atoms with Gasteiger partial charge in [-0.2, -0.15) is 0 Å². The summed E-state index contributed by atoms with van der Waals surface area (Å²) in [6.45, 7) is 6.47. The van der Waals surface area contributed by atoms with E-state index in [1.807, 2.05) is 20.8 Å². The molecule has 0 aromatic heterocycles. The van der Waals surface area contributed by atoms with Crippen LogP contribution in [0, 0.1) is 12.3 Å². The molecule has 0 spiro atoms. The van der Waals surface area contributed by atoms with Crippen LogP contribution >= 0.6 is 15.9 Å². The van der Waals surface area contributed by atoms with Gasteiger partial charge in [0.2, 0.25) is 10.0 Å². The highest BCUT2D eigenvalue weighted by molar-refractivity contribution is 9.09. The Morgan fingerprint density at radius 1 is 1.22 bits per heavy atom. The minimum atomic E-state index is -3.39. The molecule has 1 rings (SSSR count). The highest BCUT2D eigenvalue weighted by Gasteiger charge is 2.21. The first-order valence-electron chi connectivity index (χ1n) is 5.89. The van der Waals surface area contributed by atoms with E-state index in [0.717, 1.165) is 17.3 Å². The maximum absolute atomic E-state index is 12.1. The van der Waals surface area contributed by atoms with Gasteiger partial charge in [-0.3, -0.25) is 0 Å². The topological polar surface area (TPSA) is 46.2 Å². The van der Waals surface area contributed by atoms with Crippen molar-refractivity contribution in [1.82, 2.24) is 4.72 Å². The second-order valence-electron chi connectivity index (χ2n) is 5.24. The summed E-state index contributed by atoms with van der Waals surface area (Å²) in [5, 5.41) is 0.867. The highest BCUT2D eigenvalue weighted by atomic mass is 79.9. The molecular formula is C13H20BrNO2S. The molecule has 0 fully saturated rings. The van der Waals surface area contributed by atoms with Gasteiger partial charge >= 0.3 is 0 Å². The minimum Gasteiger partial charge on any atom is -0.211 e. The lowest BCUT2D eigenvalue weighted by Gasteiger charge is -2.23. The van der Waals surface area contributed by atoms with E-state index in [4.69, 9.17) is 0 Å². The van der Waals surface area contributed by atoms with E-state index in [-0.39, 0.29) is 5.41 Å². The number of alkyl halides is 1. The summed E-state index contributed by atoms with van der Waals surface area (Å²) in [5.74, 6) is 0. The number of aryl methyl sites for hydroxylation is 1. The summed E-state index contributed by atoms with van der Waals surface area (Å²) in [4.78, 5) is 0.322. The van der Waals surface area contributed by atoms with E-state index in [0.29, 0.717) is 11.4 Å². The Hall–Kier alpha value is -0.390. The molecule has 0 saturated heterocycles. The van der Waals surface area contributed by atoms with Gasteiger partial charge in [0.1, 0.15) is 0 Å². The molecule has 5 heteroatoms. The SMILES string of the molecule is Cc1ccc(S(=O)(=O)NCC(C)(C)CCBr)cc1. The zero-order valence-corrected chi connectivity index (χ0v) is 13.4. The van der Waals surface area contributed by atoms with Crippen molar-refractivity contribution in [1.29, 1.82) is 0 Å². The van der Waals surface area contributed by atoms with Crippen molar-refractivity contribution in [2.75, 3.05) is 11.9 Å². The predicted octanol–water partition coefficient (Wildman–Crippen LogP) is 3.08. The summed E-state index contributed by atoms with van der Waals surface area (Å²) in [7, 11) is -3.39. The third-order valence-electron chi connectivity index (χ3n) is 2.84. The van der Waals surface area contributed by atoms with Crippen LogP contribution in [0.1, 0.15) is 25.8 Å². The molecule has 1 N–H and O–H groups in total. The van der Waals surface area contributed by atoms with E-state index in [9.17, 15) is 8.42 Å². The molecule has 3 nitrogen and oxygen atoms in total. The first kappa shape index (κ1) is 15.7. The normalized spacial score (nSPS) is 12.7. The summed E-state index contributed by atoms with van der Waals surface area (Å²) in [6, 6.07) is 6.88. The van der Waals surface area contributed by atoms with Crippen LogP contribution in [0.5, 0.6) is 0 Å². The van der Waals surface area contributed by atoms with Crippen LogP contribution < -0.4 is 4.72 Å². The van der Waals surface area contributed by atoms with Crippen LogP contribution in [0.2, 0.25) is 0 Å². The number of hydrogen-bond donors (Lipinski definition) is 1. The van der Waals surface area contributed by atoms with E-state index in [2.05, 4.69) is 20.7 Å². The second-order valence-corrected chi connectivity index (χ2v) is 7.80. The Balaban J connectivity index is 2.74. The zero-order chi connectivity index (χ0) is 13.8. The molecule has 0 atom stereocenters. The Kier molecular flexibility index (Phi) is 5.37. The molecule has 0 aliphatic rings. The first-order valence-corrected chi connectivity index (χ1v) is 8.50. The zero-order valence-electron chi connectivity index (χ0n) is 11.0. The lowest BCUT2D eigenvalue weighted by molar-refractivity contribution is 0.354. The number of benzene rings is 1. The highest BCUT2D eigenvalue weighted by Crippen LogP contribution is 2.21. The monoisotopic (exact) mass is 333 g/mol. The van der Waals surface area contributed by atoms with Gasteiger partial charge in [0.05, 0.1) is 4.90 Å². The van der Waals surface area contributed by atoms with E-state index < -0.39 is 10.0 Å². The van der Waals surface area contributed by atoms with Crippen molar-refractivity contribution in [3.8, 4) is 0 Å². The molecule has 0 aliphatic carbocycles. The van der Waals surface area contributed by atoms with Crippen LogP contribution in [0.15, 0.2) is 29.2 Å². The Morgan fingerprint density at radius 2 is 1.78 bits per heavy atom. The van der Waals surface area contributed by atoms with E-state index >= 15 is 0 Å². The number of hydrogen-bond acceptors (Lipinski definition) is 2. The van der Waals surface area contributed by atoms with Gasteiger partial charge in [-0.1, -0.05) is 47.5 Å². The fourth-order valence-corrected chi connectivity index (χ4v) is 3.75. The number of nitrogens with one attached hydrogen (secondary N) is 1. The fraction of sp³-hybridized carbons (Fsp3) is 0.538. The van der Waals surface area contributed by atoms with Crippen LogP contribution in [0.25, 0.3) is 0 Å². The third-order valence-corrected chi connectivity index (χ3v) is 4.66. The van der Waals surface area contributed by atoms with Crippen molar-refractivity contribution >= 4 is 26.0 Å². The standard InChI is InChI=1S/C13H20BrNO2S/c1-11-4-6-12(7-5-11)18(16,17)15-10-13(2,3)8-9-14/h4-7,15H,8-10H2,1-3H3. The van der Waals surface area contributed by atoms with Gasteiger partial charge < -0.3 is 0 Å². The molecule has 1 aromatic rings. The number of halogens is 1. The van der Waals surface area contributed by atoms with Crippen LogP contribution in [-0.4, -0.2) is 20.3 Å². The predicted molar refractivity (Wildman–Crippen MR) is 78.6 cm³/mol. The largest absolute Gasteiger partial charge is 0.240 e. The van der Waals surface area contributed by atoms with Crippen molar-refractivity contribution in [2.45, 2.75) is 32.1 Å². The average Bonchev–Trinajstić information content (AvgIpc) is 2.27. The van der Waals surface area contributed by atoms with Gasteiger partial charge in [-0.05, 0) is 30.9 Å². The molecule has 0 heterocycles. The van der Waals surface area contributed by atoms with Crippen molar-refractivity contribution in [3.05, 3.63) is 29.8 Å². The van der Waals surface area contributed by atoms with Crippen LogP contribution in [-0.2, 0) is 10.0 Å². The summed E-state index contributed by atoms with van der Waals surface area (Å²) >= 11 is 3.38. The smallest absolute Gasteiger partial charge is 0.211 e. The van der Waals surface area contributed by atoms with Gasteiger partial charge in [-0.25, -0.2) is 13.1 Å². The average molecular weight is 334 g/mol. The second kappa shape index (κ2) is 6.17. The maximum Gasteiger partial charge on any atom is 0.240 e. The fourth-order valence-electron chi connectivity index (χ4n) is 1.44. The molecule has 0 unspecified atom stereocenters. The van der Waals surface area contributed by atoms with Gasteiger partial charge in [0.15, 0.2) is 0 Å². The Labute approximate surface area is 118 Å². The van der Waals surface area contributed by atoms with Crippen LogP contribution in [0.4, 0.5) is 0 Å². The molecule has 0 aliphatic heterocycles. The maximum atomic E-state index is 12.1. The van der Waals surface area contributed by atoms with Crippen molar-refractivity contribution in [2.24, 2.45) is 5.41 Å². The molecular weight excluding hydrogens is 314 g/mol. The van der Waals surface area contributed by atoms with E-state index in [1.165, 1.54) is 0 Å². The lowest BCUT2D eigenvalue weighted by atomic mass is 9.91. The first-order chi connectivity index (χ1) is 8.27. The lowest BCUT2D eigenvalue weighted by Crippen LogP contribution is -2.34. The summed E-state index contributed by atoms with van der Waals surface area (Å²) in [6.07, 6.45) is 0.920. The summed E-state index contributed by atoms with van der Waals surface area (Å²) in [5.41, 5.74) is 0.995. The van der Waals surface area contributed by atoms with E-state index in [1.54, 1.807) is 24.3 Å². The van der Waals surface area contributed by atoms with Crippen molar-refractivity contribution in [3.63, 3.8) is 0 Å². The Bertz CT molecular complexity index is 480. The molecule has 0 bridgehead atoms. The van der Waals surface area contributed by atoms with Gasteiger partial charge in [0, 0.05) is 11.9 Å². The van der Waals surface area contributed by atoms with Gasteiger partial charge in [-0.15, -0.1) is 0 Å². The minimum absolute atomic E-state index is 0.0543. The van der Waals surface area contributed by atoms with Crippen molar-refractivity contribution < 1.29 is 8.42 Å². The Morgan fingerprint density at radius 3 is 2.28 bits per heavy atom. The third kappa shape index (κ3) is 4.71. The molecule has 0 saturated carbocycles. The number of rotatable bonds is 6.